The fourth-order valence-corrected chi connectivity index (χ4v) is 4.69. The number of hydrogen-bond acceptors (Lipinski definition) is 6. The minimum absolute atomic E-state index is 0.202. The number of aromatic amines is 1. The SMILES string of the molecule is CC(C)(O)CN(Cc1nc2scc(-c3ccccc3Cl)c2c(=O)[nH]1)Cc1ccco1. The molecule has 3 heterocycles. The molecule has 0 atom stereocenters. The van der Waals surface area contributed by atoms with Crippen LogP contribution in [0.2, 0.25) is 5.02 Å². The number of halogens is 1. The Labute approximate surface area is 182 Å². The summed E-state index contributed by atoms with van der Waals surface area (Å²) in [5.74, 6) is 1.32. The zero-order valence-electron chi connectivity index (χ0n) is 16.7. The normalized spacial score (nSPS) is 12.2. The Morgan fingerprint density at radius 3 is 2.70 bits per heavy atom. The molecular weight excluding hydrogens is 422 g/mol. The summed E-state index contributed by atoms with van der Waals surface area (Å²) in [6.07, 6.45) is 1.62. The molecule has 4 aromatic rings. The highest BCUT2D eigenvalue weighted by Gasteiger charge is 2.21. The number of thiophene rings is 1. The molecule has 3 aromatic heterocycles. The van der Waals surface area contributed by atoms with Crippen LogP contribution in [0.15, 0.2) is 57.3 Å². The summed E-state index contributed by atoms with van der Waals surface area (Å²) in [4.78, 5) is 23.2. The minimum atomic E-state index is -0.906. The van der Waals surface area contributed by atoms with Gasteiger partial charge in [-0.15, -0.1) is 11.3 Å². The van der Waals surface area contributed by atoms with E-state index in [-0.39, 0.29) is 5.56 Å². The lowest BCUT2D eigenvalue weighted by Crippen LogP contribution is -2.38. The monoisotopic (exact) mass is 443 g/mol. The predicted molar refractivity (Wildman–Crippen MR) is 120 cm³/mol. The number of rotatable bonds is 7. The molecule has 1 aromatic carbocycles. The first-order valence-electron chi connectivity index (χ1n) is 9.52. The van der Waals surface area contributed by atoms with E-state index in [1.165, 1.54) is 11.3 Å². The fourth-order valence-electron chi connectivity index (χ4n) is 3.50. The van der Waals surface area contributed by atoms with Gasteiger partial charge >= 0.3 is 0 Å². The van der Waals surface area contributed by atoms with Gasteiger partial charge in [0.2, 0.25) is 0 Å². The molecule has 0 radical (unpaired) electrons. The maximum atomic E-state index is 12.9. The molecule has 0 saturated heterocycles. The molecule has 8 heteroatoms. The van der Waals surface area contributed by atoms with Gasteiger partial charge in [0.15, 0.2) is 0 Å². The summed E-state index contributed by atoms with van der Waals surface area (Å²) < 4.78 is 5.45. The third-order valence-corrected chi connectivity index (χ3v) is 5.80. The Bertz CT molecular complexity index is 1210. The van der Waals surface area contributed by atoms with Gasteiger partial charge in [0.05, 0.1) is 30.3 Å². The molecule has 0 fully saturated rings. The Hall–Kier alpha value is -2.45. The molecule has 156 valence electrons. The van der Waals surface area contributed by atoms with Gasteiger partial charge in [0.25, 0.3) is 5.56 Å². The number of H-pyrrole nitrogens is 1. The number of nitrogens with zero attached hydrogens (tertiary/aromatic N) is 2. The second kappa shape index (κ2) is 8.35. The summed E-state index contributed by atoms with van der Waals surface area (Å²) in [6, 6.07) is 11.2. The standard InChI is InChI=1S/C22H22ClN3O3S/c1-22(2,28)13-26(10-14-6-5-9-29-14)11-18-24-20(27)19-16(12-30-21(19)25-18)15-7-3-4-8-17(15)23/h3-9,12,28H,10-11,13H2,1-2H3,(H,24,25,27). The molecule has 0 aliphatic carbocycles. The maximum absolute atomic E-state index is 12.9. The largest absolute Gasteiger partial charge is 0.468 e. The van der Waals surface area contributed by atoms with E-state index < -0.39 is 5.60 Å². The molecule has 6 nitrogen and oxygen atoms in total. The molecule has 0 aliphatic heterocycles. The van der Waals surface area contributed by atoms with Crippen LogP contribution >= 0.6 is 22.9 Å². The van der Waals surface area contributed by atoms with Gasteiger partial charge in [0, 0.05) is 28.1 Å². The van der Waals surface area contributed by atoms with Gasteiger partial charge in [-0.05, 0) is 32.0 Å². The summed E-state index contributed by atoms with van der Waals surface area (Å²) in [7, 11) is 0. The van der Waals surface area contributed by atoms with E-state index in [4.69, 9.17) is 16.0 Å². The van der Waals surface area contributed by atoms with Crippen molar-refractivity contribution in [2.75, 3.05) is 6.54 Å². The minimum Gasteiger partial charge on any atom is -0.468 e. The number of benzene rings is 1. The molecule has 2 N–H and O–H groups in total. The van der Waals surface area contributed by atoms with Crippen LogP contribution in [0.4, 0.5) is 0 Å². The van der Waals surface area contributed by atoms with Crippen molar-refractivity contribution in [2.24, 2.45) is 0 Å². The van der Waals surface area contributed by atoms with Crippen molar-refractivity contribution in [1.82, 2.24) is 14.9 Å². The lowest BCUT2D eigenvalue weighted by atomic mass is 10.1. The molecule has 0 bridgehead atoms. The van der Waals surface area contributed by atoms with E-state index in [2.05, 4.69) is 9.97 Å². The molecule has 4 rings (SSSR count). The van der Waals surface area contributed by atoms with Crippen LogP contribution in [0.1, 0.15) is 25.4 Å². The van der Waals surface area contributed by atoms with Crippen LogP contribution in [0.3, 0.4) is 0 Å². The highest BCUT2D eigenvalue weighted by Crippen LogP contribution is 2.34. The molecule has 0 aliphatic rings. The molecule has 0 amide bonds. The number of hydrogen-bond donors (Lipinski definition) is 2. The molecule has 0 spiro atoms. The zero-order valence-corrected chi connectivity index (χ0v) is 18.3. The Kier molecular flexibility index (Phi) is 5.79. The second-order valence-corrected chi connectivity index (χ2v) is 9.12. The van der Waals surface area contributed by atoms with Crippen molar-refractivity contribution >= 4 is 33.2 Å². The average Bonchev–Trinajstić information content (AvgIpc) is 3.30. The van der Waals surface area contributed by atoms with Crippen LogP contribution in [0.25, 0.3) is 21.3 Å². The van der Waals surface area contributed by atoms with E-state index in [0.29, 0.717) is 40.7 Å². The zero-order chi connectivity index (χ0) is 21.3. The van der Waals surface area contributed by atoms with Crippen LogP contribution in [-0.2, 0) is 13.1 Å². The van der Waals surface area contributed by atoms with E-state index >= 15 is 0 Å². The smallest absolute Gasteiger partial charge is 0.260 e. The van der Waals surface area contributed by atoms with Crippen molar-refractivity contribution < 1.29 is 9.52 Å². The lowest BCUT2D eigenvalue weighted by molar-refractivity contribution is 0.0277. The van der Waals surface area contributed by atoms with Crippen LogP contribution in [-0.4, -0.2) is 32.1 Å². The predicted octanol–water partition coefficient (Wildman–Crippen LogP) is 4.67. The molecule has 0 saturated carbocycles. The molecular formula is C22H22ClN3O3S. The van der Waals surface area contributed by atoms with Crippen LogP contribution in [0.5, 0.6) is 0 Å². The first-order valence-corrected chi connectivity index (χ1v) is 10.8. The van der Waals surface area contributed by atoms with Gasteiger partial charge in [-0.2, -0.15) is 0 Å². The number of nitrogens with one attached hydrogen (secondary N) is 1. The van der Waals surface area contributed by atoms with Crippen LogP contribution in [0, 0.1) is 0 Å². The van der Waals surface area contributed by atoms with Gasteiger partial charge in [0.1, 0.15) is 16.4 Å². The van der Waals surface area contributed by atoms with Gasteiger partial charge in [-0.1, -0.05) is 29.8 Å². The molecule has 30 heavy (non-hydrogen) atoms. The van der Waals surface area contributed by atoms with Crippen molar-refractivity contribution in [2.45, 2.75) is 32.5 Å². The third kappa shape index (κ3) is 4.65. The van der Waals surface area contributed by atoms with Crippen molar-refractivity contribution in [1.29, 1.82) is 0 Å². The van der Waals surface area contributed by atoms with Gasteiger partial charge in [-0.25, -0.2) is 4.98 Å². The summed E-state index contributed by atoms with van der Waals surface area (Å²) in [6.45, 7) is 4.75. The van der Waals surface area contributed by atoms with Gasteiger partial charge in [-0.3, -0.25) is 9.69 Å². The van der Waals surface area contributed by atoms with Crippen molar-refractivity contribution in [3.8, 4) is 11.1 Å². The van der Waals surface area contributed by atoms with E-state index in [0.717, 1.165) is 16.9 Å². The quantitative estimate of drug-likeness (QED) is 0.433. The highest BCUT2D eigenvalue weighted by molar-refractivity contribution is 7.17. The van der Waals surface area contributed by atoms with Gasteiger partial charge < -0.3 is 14.5 Å². The second-order valence-electron chi connectivity index (χ2n) is 7.86. The average molecular weight is 444 g/mol. The van der Waals surface area contributed by atoms with E-state index in [1.807, 2.05) is 40.6 Å². The first-order chi connectivity index (χ1) is 14.3. The Balaban J connectivity index is 1.67. The fraction of sp³-hybridized carbons (Fsp3) is 0.273. The number of aromatic nitrogens is 2. The Morgan fingerprint density at radius 1 is 1.20 bits per heavy atom. The molecule has 0 unspecified atom stereocenters. The third-order valence-electron chi connectivity index (χ3n) is 4.60. The maximum Gasteiger partial charge on any atom is 0.260 e. The van der Waals surface area contributed by atoms with E-state index in [1.54, 1.807) is 26.2 Å². The Morgan fingerprint density at radius 2 is 2.00 bits per heavy atom. The highest BCUT2D eigenvalue weighted by atomic mass is 35.5. The van der Waals surface area contributed by atoms with Crippen molar-refractivity contribution in [3.63, 3.8) is 0 Å². The van der Waals surface area contributed by atoms with E-state index in [9.17, 15) is 9.90 Å². The lowest BCUT2D eigenvalue weighted by Gasteiger charge is -2.27. The van der Waals surface area contributed by atoms with Crippen LogP contribution < -0.4 is 5.56 Å². The first kappa shape index (κ1) is 20.8. The topological polar surface area (TPSA) is 82.4 Å². The summed E-state index contributed by atoms with van der Waals surface area (Å²) >= 11 is 7.75. The number of furan rings is 1. The summed E-state index contributed by atoms with van der Waals surface area (Å²) in [5.41, 5.74) is 0.487. The summed E-state index contributed by atoms with van der Waals surface area (Å²) in [5, 5.41) is 13.3. The van der Waals surface area contributed by atoms with Crippen molar-refractivity contribution in [3.05, 3.63) is 75.0 Å². The number of aliphatic hydroxyl groups is 1. The number of fused-ring (bicyclic) bond motifs is 1.